The summed E-state index contributed by atoms with van der Waals surface area (Å²) in [4.78, 5) is 23.5. The molecule has 0 bridgehead atoms. The van der Waals surface area contributed by atoms with Gasteiger partial charge in [-0.05, 0) is 39.0 Å². The molecule has 2 atom stereocenters. The summed E-state index contributed by atoms with van der Waals surface area (Å²) in [5.74, 6) is -1.53. The van der Waals surface area contributed by atoms with E-state index in [0.717, 1.165) is 18.2 Å². The molecule has 1 fully saturated rings. The van der Waals surface area contributed by atoms with E-state index in [4.69, 9.17) is 9.47 Å². The maximum absolute atomic E-state index is 14.0. The van der Waals surface area contributed by atoms with Gasteiger partial charge in [0.1, 0.15) is 29.9 Å². The molecule has 1 amide bonds. The van der Waals surface area contributed by atoms with Gasteiger partial charge in [0, 0.05) is 12.0 Å². The molecule has 1 aromatic rings. The highest BCUT2D eigenvalue weighted by Gasteiger charge is 2.35. The topological polar surface area (TPSA) is 64.6 Å². The molecule has 2 rings (SSSR count). The van der Waals surface area contributed by atoms with Crippen LogP contribution in [0.25, 0.3) is 0 Å². The third-order valence-corrected chi connectivity index (χ3v) is 3.20. The van der Waals surface area contributed by atoms with Gasteiger partial charge in [-0.3, -0.25) is 4.79 Å². The van der Waals surface area contributed by atoms with Crippen LogP contribution in [0.15, 0.2) is 18.2 Å². The van der Waals surface area contributed by atoms with E-state index < -0.39 is 35.5 Å². The first kappa shape index (κ1) is 20.0. The van der Waals surface area contributed by atoms with Crippen LogP contribution in [0.3, 0.4) is 0 Å². The number of rotatable bonds is 2. The molecule has 0 saturated carbocycles. The lowest BCUT2D eigenvalue weighted by Gasteiger charge is -2.32. The van der Waals surface area contributed by atoms with Gasteiger partial charge in [-0.2, -0.15) is 0 Å². The molecule has 0 spiro atoms. The average Bonchev–Trinajstić information content (AvgIpc) is 2.40. The summed E-state index contributed by atoms with van der Waals surface area (Å²) in [5, 5.41) is 2.50. The Morgan fingerprint density at radius 2 is 2.00 bits per heavy atom. The zero-order chi connectivity index (χ0) is 17.2. The molecule has 1 heterocycles. The van der Waals surface area contributed by atoms with Gasteiger partial charge >= 0.3 is 6.09 Å². The molecule has 0 unspecified atom stereocenters. The quantitative estimate of drug-likeness (QED) is 0.892. The average molecular weight is 343 g/mol. The van der Waals surface area contributed by atoms with E-state index >= 15 is 0 Å². The number of nitrogens with one attached hydrogen (secondary N) is 1. The number of hydrogen-bond donors (Lipinski definition) is 1. The van der Waals surface area contributed by atoms with Crippen LogP contribution in [-0.2, 0) is 14.3 Å². The van der Waals surface area contributed by atoms with Gasteiger partial charge in [0.05, 0.1) is 6.04 Å². The Balaban J connectivity index is 0.00000288. The van der Waals surface area contributed by atoms with Gasteiger partial charge in [-0.1, -0.05) is 7.43 Å². The van der Waals surface area contributed by atoms with Gasteiger partial charge in [0.2, 0.25) is 0 Å². The smallest absolute Gasteiger partial charge is 0.407 e. The fraction of sp³-hybridized carbons (Fsp3) is 0.529. The largest absolute Gasteiger partial charge is 0.444 e. The summed E-state index contributed by atoms with van der Waals surface area (Å²) < 4.78 is 37.8. The van der Waals surface area contributed by atoms with Crippen LogP contribution in [-0.4, -0.2) is 30.1 Å². The lowest BCUT2D eigenvalue weighted by atomic mass is 9.95. The Morgan fingerprint density at radius 3 is 2.62 bits per heavy atom. The second-order valence-corrected chi connectivity index (χ2v) is 6.39. The summed E-state index contributed by atoms with van der Waals surface area (Å²) in [6, 6.07) is 2.14. The molecule has 5 nitrogen and oxygen atoms in total. The Labute approximate surface area is 140 Å². The maximum atomic E-state index is 14.0. The molecule has 1 N–H and O–H groups in total. The summed E-state index contributed by atoms with van der Waals surface area (Å²) in [7, 11) is 0. The maximum Gasteiger partial charge on any atom is 0.407 e. The number of hydrogen-bond acceptors (Lipinski definition) is 4. The lowest BCUT2D eigenvalue weighted by Crippen LogP contribution is -2.47. The van der Waals surface area contributed by atoms with E-state index in [1.54, 1.807) is 20.8 Å². The van der Waals surface area contributed by atoms with Crippen molar-refractivity contribution >= 4 is 11.9 Å². The number of ketones is 1. The summed E-state index contributed by atoms with van der Waals surface area (Å²) in [6.07, 6.45) is -1.75. The summed E-state index contributed by atoms with van der Waals surface area (Å²) in [6.45, 7) is 4.86. The Morgan fingerprint density at radius 1 is 1.33 bits per heavy atom. The van der Waals surface area contributed by atoms with Crippen LogP contribution >= 0.6 is 0 Å². The van der Waals surface area contributed by atoms with Crippen LogP contribution in [0.1, 0.15) is 46.3 Å². The normalized spacial score (nSPS) is 21.0. The minimum absolute atomic E-state index is 0. The first-order valence-corrected chi connectivity index (χ1v) is 7.23. The number of alkyl carbamates (subject to hydrolysis) is 1. The van der Waals surface area contributed by atoms with Gasteiger partial charge in [-0.15, -0.1) is 0 Å². The van der Waals surface area contributed by atoms with Crippen molar-refractivity contribution in [3.05, 3.63) is 35.4 Å². The minimum Gasteiger partial charge on any atom is -0.444 e. The molecular formula is C17H23F2NO4. The first-order valence-electron chi connectivity index (χ1n) is 7.23. The van der Waals surface area contributed by atoms with Gasteiger partial charge < -0.3 is 14.8 Å². The highest BCUT2D eigenvalue weighted by molar-refractivity contribution is 5.82. The predicted octanol–water partition coefficient (Wildman–Crippen LogP) is 3.52. The number of halogens is 2. The highest BCUT2D eigenvalue weighted by Crippen LogP contribution is 2.30. The summed E-state index contributed by atoms with van der Waals surface area (Å²) in [5.41, 5.74) is -0.762. The zero-order valence-electron chi connectivity index (χ0n) is 13.2. The number of benzene rings is 1. The number of Topliss-reactive ketones (excluding diaryl/α,β-unsaturated/α-hetero) is 1. The molecule has 1 aromatic carbocycles. The van der Waals surface area contributed by atoms with Crippen LogP contribution in [0.5, 0.6) is 0 Å². The minimum atomic E-state index is -0.962. The van der Waals surface area contributed by atoms with E-state index in [2.05, 4.69) is 5.32 Å². The third-order valence-electron chi connectivity index (χ3n) is 3.20. The highest BCUT2D eigenvalue weighted by atomic mass is 19.1. The Kier molecular flexibility index (Phi) is 6.42. The standard InChI is InChI=1S/C16H19F2NO4.CH4/c1-16(2,3)23-15(21)19-13-7-10(20)8-22-14(13)11-6-9(17)4-5-12(11)18;/h4-6,13-14H,7-8H2,1-3H3,(H,19,21);1H4/t13-,14+;/m0./s1. The monoisotopic (exact) mass is 343 g/mol. The van der Waals surface area contributed by atoms with Gasteiger partial charge in [0.15, 0.2) is 5.78 Å². The van der Waals surface area contributed by atoms with E-state index in [1.165, 1.54) is 0 Å². The molecule has 24 heavy (non-hydrogen) atoms. The summed E-state index contributed by atoms with van der Waals surface area (Å²) >= 11 is 0. The SMILES string of the molecule is C.CC(C)(C)OC(=O)N[C@H]1CC(=O)CO[C@@H]1c1cc(F)ccc1F. The Bertz CT molecular complexity index is 613. The van der Waals surface area contributed by atoms with Crippen molar-refractivity contribution < 1.29 is 27.8 Å². The van der Waals surface area contributed by atoms with Crippen LogP contribution < -0.4 is 5.32 Å². The van der Waals surface area contributed by atoms with Crippen LogP contribution in [0.2, 0.25) is 0 Å². The van der Waals surface area contributed by atoms with Gasteiger partial charge in [0.25, 0.3) is 0 Å². The molecule has 134 valence electrons. The van der Waals surface area contributed by atoms with E-state index in [-0.39, 0.29) is 31.8 Å². The molecule has 1 aliphatic heterocycles. The van der Waals surface area contributed by atoms with E-state index in [1.807, 2.05) is 0 Å². The fourth-order valence-electron chi connectivity index (χ4n) is 2.33. The second kappa shape index (κ2) is 7.70. The van der Waals surface area contributed by atoms with E-state index in [9.17, 15) is 18.4 Å². The molecule has 7 heteroatoms. The van der Waals surface area contributed by atoms with Crippen molar-refractivity contribution in [3.63, 3.8) is 0 Å². The fourth-order valence-corrected chi connectivity index (χ4v) is 2.33. The second-order valence-electron chi connectivity index (χ2n) is 6.39. The predicted molar refractivity (Wildman–Crippen MR) is 84.6 cm³/mol. The van der Waals surface area contributed by atoms with Crippen molar-refractivity contribution in [1.29, 1.82) is 0 Å². The Hall–Kier alpha value is -2.02. The van der Waals surface area contributed by atoms with Crippen molar-refractivity contribution in [2.24, 2.45) is 0 Å². The molecule has 0 aliphatic carbocycles. The number of carbonyl (C=O) groups is 2. The van der Waals surface area contributed by atoms with Crippen LogP contribution in [0.4, 0.5) is 13.6 Å². The van der Waals surface area contributed by atoms with Crippen LogP contribution in [0, 0.1) is 11.6 Å². The van der Waals surface area contributed by atoms with Gasteiger partial charge in [-0.25, -0.2) is 13.6 Å². The van der Waals surface area contributed by atoms with Crippen molar-refractivity contribution in [2.45, 2.75) is 52.4 Å². The third kappa shape index (κ3) is 5.26. The molecule has 0 radical (unpaired) electrons. The zero-order valence-corrected chi connectivity index (χ0v) is 13.2. The lowest BCUT2D eigenvalue weighted by molar-refractivity contribution is -0.133. The van der Waals surface area contributed by atoms with Crippen molar-refractivity contribution in [2.75, 3.05) is 6.61 Å². The van der Waals surface area contributed by atoms with Crippen molar-refractivity contribution in [3.8, 4) is 0 Å². The molecule has 1 saturated heterocycles. The first-order chi connectivity index (χ1) is 10.7. The number of carbonyl (C=O) groups excluding carboxylic acids is 2. The number of amides is 1. The number of ether oxygens (including phenoxy) is 2. The van der Waals surface area contributed by atoms with Crippen molar-refractivity contribution in [1.82, 2.24) is 5.32 Å². The molecule has 0 aromatic heterocycles. The van der Waals surface area contributed by atoms with E-state index in [0.29, 0.717) is 0 Å². The molecular weight excluding hydrogens is 320 g/mol. The molecule has 1 aliphatic rings.